The number of carboxylic acids is 1. The van der Waals surface area contributed by atoms with Crippen LogP contribution in [0.2, 0.25) is 0 Å². The second-order valence-corrected chi connectivity index (χ2v) is 12.4. The Morgan fingerprint density at radius 1 is 1.04 bits per heavy atom. The molecule has 46 heavy (non-hydrogen) atoms. The molecule has 2 atom stereocenters. The monoisotopic (exact) mass is 643 g/mol. The summed E-state index contributed by atoms with van der Waals surface area (Å²) in [6, 6.07) is 8.21. The van der Waals surface area contributed by atoms with Crippen LogP contribution in [-0.2, 0) is 22.2 Å². The lowest BCUT2D eigenvalue weighted by atomic mass is 9.88. The van der Waals surface area contributed by atoms with Crippen LogP contribution in [-0.4, -0.2) is 53.3 Å². The second-order valence-electron chi connectivity index (χ2n) is 12.4. The van der Waals surface area contributed by atoms with Gasteiger partial charge in [-0.3, -0.25) is 14.4 Å². The first-order valence-electron chi connectivity index (χ1n) is 15.0. The molecule has 1 amide bonds. The van der Waals surface area contributed by atoms with Gasteiger partial charge in [0.2, 0.25) is 0 Å². The van der Waals surface area contributed by atoms with Crippen molar-refractivity contribution in [2.75, 3.05) is 20.6 Å². The van der Waals surface area contributed by atoms with Crippen molar-refractivity contribution in [3.05, 3.63) is 92.1 Å². The summed E-state index contributed by atoms with van der Waals surface area (Å²) in [5.41, 5.74) is 1.54. The molecule has 0 saturated carbocycles. The molecule has 11 heteroatoms. The zero-order valence-electron chi connectivity index (χ0n) is 27.2. The zero-order valence-corrected chi connectivity index (χ0v) is 27.2. The van der Waals surface area contributed by atoms with Crippen LogP contribution in [0.3, 0.4) is 0 Å². The number of aromatic nitrogens is 1. The maximum atomic E-state index is 15.6. The summed E-state index contributed by atoms with van der Waals surface area (Å²) in [5, 5.41) is 9.69. The molecule has 0 aliphatic heterocycles. The Hall–Kier alpha value is -4.12. The van der Waals surface area contributed by atoms with Gasteiger partial charge in [0.1, 0.15) is 11.9 Å². The van der Waals surface area contributed by atoms with E-state index in [2.05, 4.69) is 4.99 Å². The summed E-state index contributed by atoms with van der Waals surface area (Å²) in [4.78, 5) is 44.3. The van der Waals surface area contributed by atoms with Crippen molar-refractivity contribution in [2.24, 2.45) is 10.9 Å². The molecule has 0 spiro atoms. The fraction of sp³-hybridized carbons (Fsp3) is 0.429. The highest BCUT2D eigenvalue weighted by atomic mass is 19.4. The van der Waals surface area contributed by atoms with Gasteiger partial charge < -0.3 is 14.6 Å². The van der Waals surface area contributed by atoms with E-state index in [4.69, 9.17) is 0 Å². The second kappa shape index (κ2) is 15.0. The van der Waals surface area contributed by atoms with Crippen LogP contribution >= 0.6 is 0 Å². The molecule has 0 saturated heterocycles. The number of carbonyl (C=O) groups excluding carboxylic acids is 1. The molecule has 0 aliphatic carbocycles. The number of halogens is 4. The van der Waals surface area contributed by atoms with Gasteiger partial charge in [0.15, 0.2) is 0 Å². The number of nitrogens with zero attached hydrogens (tertiary/aromatic N) is 3. The number of hydrogen-bond donors (Lipinski definition) is 1. The van der Waals surface area contributed by atoms with Gasteiger partial charge in [0.05, 0.1) is 12.0 Å². The smallest absolute Gasteiger partial charge is 0.416 e. The summed E-state index contributed by atoms with van der Waals surface area (Å²) in [7, 11) is 3.41. The van der Waals surface area contributed by atoms with E-state index in [9.17, 15) is 32.7 Å². The van der Waals surface area contributed by atoms with Crippen LogP contribution in [0.4, 0.5) is 17.6 Å². The van der Waals surface area contributed by atoms with E-state index in [0.29, 0.717) is 11.6 Å². The molecule has 248 valence electrons. The molecule has 1 N–H and O–H groups in total. The van der Waals surface area contributed by atoms with E-state index in [0.717, 1.165) is 33.7 Å². The Labute approximate surface area is 266 Å². The van der Waals surface area contributed by atoms with Gasteiger partial charge in [-0.15, -0.1) is 0 Å². The lowest BCUT2D eigenvalue weighted by Crippen LogP contribution is -2.32. The summed E-state index contributed by atoms with van der Waals surface area (Å²) >= 11 is 0. The lowest BCUT2D eigenvalue weighted by Gasteiger charge is -2.22. The van der Waals surface area contributed by atoms with Crippen LogP contribution in [0.5, 0.6) is 0 Å². The van der Waals surface area contributed by atoms with E-state index in [1.165, 1.54) is 0 Å². The van der Waals surface area contributed by atoms with Crippen molar-refractivity contribution in [2.45, 2.75) is 72.0 Å². The Morgan fingerprint density at radius 3 is 2.22 bits per heavy atom. The third kappa shape index (κ3) is 8.99. The fourth-order valence-electron chi connectivity index (χ4n) is 5.58. The van der Waals surface area contributed by atoms with Crippen molar-refractivity contribution in [3.8, 4) is 11.1 Å². The van der Waals surface area contributed by atoms with E-state index < -0.39 is 53.4 Å². The van der Waals surface area contributed by atoms with Crippen molar-refractivity contribution >= 4 is 18.1 Å². The van der Waals surface area contributed by atoms with E-state index in [-0.39, 0.29) is 42.0 Å². The summed E-state index contributed by atoms with van der Waals surface area (Å²) in [6.45, 7) is 9.25. The molecule has 1 heterocycles. The highest BCUT2D eigenvalue weighted by molar-refractivity contribution is 5.91. The first-order chi connectivity index (χ1) is 21.4. The maximum absolute atomic E-state index is 15.6. The van der Waals surface area contributed by atoms with Crippen molar-refractivity contribution in [1.82, 2.24) is 9.47 Å². The summed E-state index contributed by atoms with van der Waals surface area (Å²) in [5.74, 6) is -4.05. The number of amides is 1. The Kier molecular flexibility index (Phi) is 11.8. The Balaban J connectivity index is 2.12. The van der Waals surface area contributed by atoms with Gasteiger partial charge in [0, 0.05) is 30.9 Å². The number of likely N-dealkylation sites (N-methyl/N-ethyl adjacent to an activating group) is 1. The molecule has 0 radical (unpaired) electrons. The van der Waals surface area contributed by atoms with E-state index >= 15 is 4.39 Å². The SMILES string of the molecule is Cc1cc(-c2c(C)cccc2C)cc(C(/C=N/C(=O)C(CC(C)C)n2cc(CCN(C)C)c(C(F)(F)F)cc2=O)CC(=O)O)c1F. The normalized spacial score (nSPS) is 13.5. The van der Waals surface area contributed by atoms with Gasteiger partial charge in [-0.25, -0.2) is 9.38 Å². The molecule has 7 nitrogen and oxygen atoms in total. The predicted octanol–water partition coefficient (Wildman–Crippen LogP) is 7.15. The number of rotatable bonds is 12. The minimum Gasteiger partial charge on any atom is -0.481 e. The average Bonchev–Trinajstić information content (AvgIpc) is 2.94. The zero-order chi connectivity index (χ0) is 34.5. The number of hydrogen-bond acceptors (Lipinski definition) is 4. The average molecular weight is 644 g/mol. The number of aryl methyl sites for hydroxylation is 3. The number of aliphatic imine (C=N–C) groups is 1. The molecule has 3 aromatic rings. The molecular weight excluding hydrogens is 602 g/mol. The van der Waals surface area contributed by atoms with Crippen molar-refractivity contribution < 1.29 is 32.3 Å². The minimum absolute atomic E-state index is 0.0238. The number of carbonyl (C=O) groups is 2. The van der Waals surface area contributed by atoms with Gasteiger partial charge in [-0.1, -0.05) is 32.0 Å². The molecule has 0 aliphatic rings. The summed E-state index contributed by atoms with van der Waals surface area (Å²) < 4.78 is 58.1. The van der Waals surface area contributed by atoms with Gasteiger partial charge in [-0.2, -0.15) is 13.2 Å². The van der Waals surface area contributed by atoms with Crippen molar-refractivity contribution in [3.63, 3.8) is 0 Å². The number of aliphatic carboxylic acids is 1. The van der Waals surface area contributed by atoms with Gasteiger partial charge in [0.25, 0.3) is 11.5 Å². The fourth-order valence-corrected chi connectivity index (χ4v) is 5.58. The van der Waals surface area contributed by atoms with Crippen LogP contribution in [0.15, 0.2) is 52.4 Å². The summed E-state index contributed by atoms with van der Waals surface area (Å²) in [6.07, 6.45) is -3.16. The molecule has 1 aromatic heterocycles. The van der Waals surface area contributed by atoms with E-state index in [1.54, 1.807) is 51.9 Å². The Morgan fingerprint density at radius 2 is 1.67 bits per heavy atom. The molecular formula is C35H41F4N3O4. The predicted molar refractivity (Wildman–Crippen MR) is 171 cm³/mol. The number of benzene rings is 2. The van der Waals surface area contributed by atoms with Crippen LogP contribution < -0.4 is 5.56 Å². The number of pyridine rings is 1. The topological polar surface area (TPSA) is 92.0 Å². The largest absolute Gasteiger partial charge is 0.481 e. The number of carboxylic acid groups (broad SMARTS) is 1. The maximum Gasteiger partial charge on any atom is 0.416 e. The molecule has 0 bridgehead atoms. The highest BCUT2D eigenvalue weighted by Crippen LogP contribution is 2.34. The van der Waals surface area contributed by atoms with Gasteiger partial charge >= 0.3 is 12.1 Å². The van der Waals surface area contributed by atoms with Crippen molar-refractivity contribution in [1.29, 1.82) is 0 Å². The van der Waals surface area contributed by atoms with Crippen LogP contribution in [0, 0.1) is 32.5 Å². The van der Waals surface area contributed by atoms with Crippen LogP contribution in [0.1, 0.15) is 72.0 Å². The standard InChI is InChI=1S/C35H41F4N3O4/c1-20(2)13-29(42-19-24(11-12-41(6)7)28(17-30(42)43)35(37,38)39)34(46)40-18-26(16-31(44)45)27-15-25(14-23(5)33(27)36)32-21(3)9-8-10-22(32)4/h8-10,14-15,17-20,26,29H,11-13,16H2,1-7H3,(H,44,45)/b40-18+. The Bertz CT molecular complexity index is 1660. The lowest BCUT2D eigenvalue weighted by molar-refractivity contribution is -0.138. The molecule has 2 unspecified atom stereocenters. The van der Waals surface area contributed by atoms with Crippen LogP contribution in [0.25, 0.3) is 11.1 Å². The molecule has 2 aromatic carbocycles. The third-order valence-electron chi connectivity index (χ3n) is 7.84. The molecule has 3 rings (SSSR count). The number of alkyl halides is 3. The van der Waals surface area contributed by atoms with E-state index in [1.807, 2.05) is 32.0 Å². The molecule has 0 fully saturated rings. The van der Waals surface area contributed by atoms with Gasteiger partial charge in [-0.05, 0) is 105 Å². The third-order valence-corrected chi connectivity index (χ3v) is 7.84. The quantitative estimate of drug-likeness (QED) is 0.167. The minimum atomic E-state index is -4.77. The first kappa shape index (κ1) is 36.3. The highest BCUT2D eigenvalue weighted by Gasteiger charge is 2.35. The first-order valence-corrected chi connectivity index (χ1v) is 15.0.